The van der Waals surface area contributed by atoms with Gasteiger partial charge in [-0.2, -0.15) is 0 Å². The van der Waals surface area contributed by atoms with Crippen LogP contribution in [0.4, 0.5) is 0 Å². The number of carbonyl (C=O) groups is 2. The first-order valence-corrected chi connectivity index (χ1v) is 6.06. The highest BCUT2D eigenvalue weighted by molar-refractivity contribution is 7.14. The van der Waals surface area contributed by atoms with E-state index in [1.807, 2.05) is 0 Å². The van der Waals surface area contributed by atoms with Gasteiger partial charge in [-0.3, -0.25) is 4.79 Å². The zero-order valence-corrected chi connectivity index (χ0v) is 10.3. The van der Waals surface area contributed by atoms with Crippen LogP contribution in [-0.2, 0) is 9.53 Å². The van der Waals surface area contributed by atoms with Crippen LogP contribution in [0.3, 0.4) is 0 Å². The number of nitrogens with two attached hydrogens (primary N) is 1. The lowest BCUT2D eigenvalue weighted by molar-refractivity contribution is -0.144. The van der Waals surface area contributed by atoms with E-state index in [9.17, 15) is 9.59 Å². The monoisotopic (exact) mass is 261 g/mol. The quantitative estimate of drug-likeness (QED) is 0.498. The van der Waals surface area contributed by atoms with Gasteiger partial charge in [0.15, 0.2) is 5.78 Å². The summed E-state index contributed by atoms with van der Waals surface area (Å²) in [4.78, 5) is 23.7. The molecule has 4 nitrogen and oxygen atoms in total. The van der Waals surface area contributed by atoms with Crippen LogP contribution >= 0.6 is 22.9 Å². The van der Waals surface area contributed by atoms with Crippen LogP contribution < -0.4 is 5.73 Å². The second-order valence-corrected chi connectivity index (χ2v) is 4.37. The summed E-state index contributed by atoms with van der Waals surface area (Å²) in [6, 6.07) is 2.43. The van der Waals surface area contributed by atoms with Gasteiger partial charge in [0.2, 0.25) is 0 Å². The highest BCUT2D eigenvalue weighted by Crippen LogP contribution is 2.23. The van der Waals surface area contributed by atoms with Crippen molar-refractivity contribution in [2.75, 3.05) is 12.5 Å². The summed E-state index contributed by atoms with van der Waals surface area (Å²) in [6.45, 7) is 1.99. The lowest BCUT2D eigenvalue weighted by Gasteiger charge is -2.07. The van der Waals surface area contributed by atoms with Crippen molar-refractivity contribution >= 4 is 34.7 Å². The number of hydrogen-bond acceptors (Lipinski definition) is 5. The van der Waals surface area contributed by atoms with Gasteiger partial charge in [0.05, 0.1) is 17.4 Å². The van der Waals surface area contributed by atoms with Crippen LogP contribution in [0.1, 0.15) is 27.5 Å². The van der Waals surface area contributed by atoms with E-state index in [1.54, 1.807) is 19.1 Å². The normalized spacial score (nSPS) is 12.2. The fraction of sp³-hybridized carbons (Fsp3) is 0.400. The van der Waals surface area contributed by atoms with Crippen LogP contribution in [-0.4, -0.2) is 24.2 Å². The van der Waals surface area contributed by atoms with Crippen LogP contribution in [0.25, 0.3) is 0 Å². The lowest BCUT2D eigenvalue weighted by atomic mass is 10.2. The van der Waals surface area contributed by atoms with Gasteiger partial charge in [0, 0.05) is 4.88 Å². The molecule has 0 saturated carbocycles. The van der Waals surface area contributed by atoms with Gasteiger partial charge < -0.3 is 10.5 Å². The van der Waals surface area contributed by atoms with Crippen LogP contribution in [0, 0.1) is 0 Å². The lowest BCUT2D eigenvalue weighted by Crippen LogP contribution is -2.22. The molecule has 0 aliphatic carbocycles. The van der Waals surface area contributed by atoms with Crippen molar-refractivity contribution in [3.63, 3.8) is 0 Å². The molecule has 1 aromatic heterocycles. The number of halogens is 1. The number of thiophene rings is 1. The van der Waals surface area contributed by atoms with E-state index in [2.05, 4.69) is 0 Å². The van der Waals surface area contributed by atoms with E-state index >= 15 is 0 Å². The molecule has 0 aliphatic heterocycles. The van der Waals surface area contributed by atoms with Gasteiger partial charge >= 0.3 is 5.97 Å². The highest BCUT2D eigenvalue weighted by atomic mass is 35.5. The molecule has 16 heavy (non-hydrogen) atoms. The molecule has 0 spiro atoms. The number of Topliss-reactive ketones (excluding diaryl/α,β-unsaturated/α-hetero) is 1. The Balaban J connectivity index is 2.77. The largest absolute Gasteiger partial charge is 0.465 e. The smallest absolute Gasteiger partial charge is 0.328 e. The SMILES string of the molecule is CCOC(=O)C(N)c1ccc(C(=O)CCl)s1. The van der Waals surface area contributed by atoms with E-state index in [4.69, 9.17) is 22.1 Å². The third-order valence-corrected chi connectivity index (χ3v) is 3.32. The van der Waals surface area contributed by atoms with Crippen molar-refractivity contribution in [1.82, 2.24) is 0 Å². The number of ketones is 1. The molecular weight excluding hydrogens is 250 g/mol. The predicted molar refractivity (Wildman–Crippen MR) is 62.9 cm³/mol. The third-order valence-electron chi connectivity index (χ3n) is 1.87. The fourth-order valence-electron chi connectivity index (χ4n) is 1.08. The molecule has 0 aromatic carbocycles. The maximum Gasteiger partial charge on any atom is 0.328 e. The summed E-state index contributed by atoms with van der Waals surface area (Å²) >= 11 is 6.59. The first-order chi connectivity index (χ1) is 7.60. The number of rotatable bonds is 5. The molecular formula is C10H12ClNO3S. The zero-order valence-electron chi connectivity index (χ0n) is 8.73. The molecule has 2 N–H and O–H groups in total. The second kappa shape index (κ2) is 5.98. The van der Waals surface area contributed by atoms with Crippen molar-refractivity contribution in [2.45, 2.75) is 13.0 Å². The Hall–Kier alpha value is -0.910. The molecule has 0 bridgehead atoms. The first-order valence-electron chi connectivity index (χ1n) is 4.71. The fourth-order valence-corrected chi connectivity index (χ4v) is 2.24. The van der Waals surface area contributed by atoms with Gasteiger partial charge in [-0.15, -0.1) is 22.9 Å². The summed E-state index contributed by atoms with van der Waals surface area (Å²) < 4.78 is 4.79. The minimum Gasteiger partial charge on any atom is -0.465 e. The van der Waals surface area contributed by atoms with E-state index in [0.29, 0.717) is 9.75 Å². The number of hydrogen-bond donors (Lipinski definition) is 1. The molecule has 0 aliphatic rings. The average molecular weight is 262 g/mol. The molecule has 1 unspecified atom stereocenters. The summed E-state index contributed by atoms with van der Waals surface area (Å²) in [7, 11) is 0. The maximum atomic E-state index is 11.3. The number of carbonyl (C=O) groups excluding carboxylic acids is 2. The van der Waals surface area contributed by atoms with Crippen molar-refractivity contribution < 1.29 is 14.3 Å². The minimum atomic E-state index is -0.832. The predicted octanol–water partition coefficient (Wildman–Crippen LogP) is 1.73. The van der Waals surface area contributed by atoms with E-state index in [1.165, 1.54) is 11.3 Å². The molecule has 88 valence electrons. The summed E-state index contributed by atoms with van der Waals surface area (Å²) in [5, 5.41) is 0. The van der Waals surface area contributed by atoms with Gasteiger partial charge in [0.1, 0.15) is 6.04 Å². The number of ether oxygens (including phenoxy) is 1. The van der Waals surface area contributed by atoms with Crippen molar-refractivity contribution in [3.05, 3.63) is 21.9 Å². The van der Waals surface area contributed by atoms with Crippen molar-refractivity contribution in [3.8, 4) is 0 Å². The maximum absolute atomic E-state index is 11.3. The van der Waals surface area contributed by atoms with Crippen LogP contribution in [0.15, 0.2) is 12.1 Å². The standard InChI is InChI=1S/C10H12ClNO3S/c1-2-15-10(14)9(12)8-4-3-7(16-8)6(13)5-11/h3-4,9H,2,5,12H2,1H3. The topological polar surface area (TPSA) is 69.4 Å². The summed E-state index contributed by atoms with van der Waals surface area (Å²) in [5.74, 6) is -0.739. The van der Waals surface area contributed by atoms with Gasteiger partial charge in [-0.1, -0.05) is 0 Å². The highest BCUT2D eigenvalue weighted by Gasteiger charge is 2.20. The number of alkyl halides is 1. The molecule has 1 atom stereocenters. The van der Waals surface area contributed by atoms with Gasteiger partial charge in [0.25, 0.3) is 0 Å². The average Bonchev–Trinajstić information content (AvgIpc) is 2.76. The Labute approximate surface area is 102 Å². The van der Waals surface area contributed by atoms with E-state index < -0.39 is 12.0 Å². The van der Waals surface area contributed by atoms with Crippen LogP contribution in [0.2, 0.25) is 0 Å². The zero-order chi connectivity index (χ0) is 12.1. The summed E-state index contributed by atoms with van der Waals surface area (Å²) in [5.41, 5.74) is 5.67. The Bertz CT molecular complexity index is 391. The second-order valence-electron chi connectivity index (χ2n) is 2.99. The van der Waals surface area contributed by atoms with Crippen molar-refractivity contribution in [2.24, 2.45) is 5.73 Å². The van der Waals surface area contributed by atoms with Crippen LogP contribution in [0.5, 0.6) is 0 Å². The van der Waals surface area contributed by atoms with Gasteiger partial charge in [-0.25, -0.2) is 4.79 Å². The third kappa shape index (κ3) is 3.04. The molecule has 6 heteroatoms. The van der Waals surface area contributed by atoms with E-state index in [-0.39, 0.29) is 18.3 Å². The molecule has 1 rings (SSSR count). The Morgan fingerprint density at radius 3 is 2.81 bits per heavy atom. The molecule has 1 heterocycles. The summed E-state index contributed by atoms with van der Waals surface area (Å²) in [6.07, 6.45) is 0. The molecule has 0 radical (unpaired) electrons. The molecule has 0 amide bonds. The Kier molecular flexibility index (Phi) is 4.92. The number of esters is 1. The minimum absolute atomic E-state index is 0.0748. The Morgan fingerprint density at radius 1 is 1.56 bits per heavy atom. The molecule has 0 saturated heterocycles. The molecule has 0 fully saturated rings. The van der Waals surface area contributed by atoms with Gasteiger partial charge in [-0.05, 0) is 19.1 Å². The van der Waals surface area contributed by atoms with E-state index in [0.717, 1.165) is 0 Å². The van der Waals surface area contributed by atoms with Crippen molar-refractivity contribution in [1.29, 1.82) is 0 Å². The molecule has 1 aromatic rings. The first kappa shape index (κ1) is 13.2. The Morgan fingerprint density at radius 2 is 2.25 bits per heavy atom.